The third-order valence-electron chi connectivity index (χ3n) is 4.18. The Morgan fingerprint density at radius 3 is 2.57 bits per heavy atom. The SMILES string of the molecule is CNC(c1cc2c(s1)CCCC2)c1cc(C)c(F)cc1F. The van der Waals surface area contributed by atoms with Gasteiger partial charge in [0.1, 0.15) is 11.6 Å². The van der Waals surface area contributed by atoms with Crippen LogP contribution in [0.2, 0.25) is 0 Å². The summed E-state index contributed by atoms with van der Waals surface area (Å²) in [5, 5.41) is 3.18. The number of hydrogen-bond acceptors (Lipinski definition) is 2. The Morgan fingerprint density at radius 1 is 1.10 bits per heavy atom. The first-order valence-corrected chi connectivity index (χ1v) is 8.16. The van der Waals surface area contributed by atoms with Gasteiger partial charge in [-0.05, 0) is 62.9 Å². The van der Waals surface area contributed by atoms with Gasteiger partial charge in [-0.3, -0.25) is 0 Å². The van der Waals surface area contributed by atoms with Crippen LogP contribution in [0, 0.1) is 18.6 Å². The van der Waals surface area contributed by atoms with E-state index < -0.39 is 11.6 Å². The molecular formula is C17H19F2NS. The molecule has 1 aromatic carbocycles. The molecule has 1 atom stereocenters. The Kier molecular flexibility index (Phi) is 4.09. The molecule has 112 valence electrons. The second-order valence-electron chi connectivity index (χ2n) is 5.65. The zero-order chi connectivity index (χ0) is 15.0. The fourth-order valence-electron chi connectivity index (χ4n) is 3.01. The highest BCUT2D eigenvalue weighted by molar-refractivity contribution is 7.12. The molecule has 1 aliphatic rings. The third kappa shape index (κ3) is 2.74. The molecule has 1 N–H and O–H groups in total. The molecule has 0 amide bonds. The number of aryl methyl sites for hydroxylation is 3. The molecule has 0 radical (unpaired) electrons. The molecule has 4 heteroatoms. The molecule has 0 spiro atoms. The minimum Gasteiger partial charge on any atom is -0.309 e. The van der Waals surface area contributed by atoms with Crippen LogP contribution in [-0.2, 0) is 12.8 Å². The van der Waals surface area contributed by atoms with Crippen molar-refractivity contribution in [3.63, 3.8) is 0 Å². The number of halogens is 2. The molecule has 0 saturated heterocycles. The summed E-state index contributed by atoms with van der Waals surface area (Å²) < 4.78 is 27.6. The van der Waals surface area contributed by atoms with Gasteiger partial charge in [0.2, 0.25) is 0 Å². The van der Waals surface area contributed by atoms with Crippen LogP contribution < -0.4 is 5.32 Å². The summed E-state index contributed by atoms with van der Waals surface area (Å²) in [7, 11) is 1.82. The van der Waals surface area contributed by atoms with Crippen molar-refractivity contribution < 1.29 is 8.78 Å². The van der Waals surface area contributed by atoms with Crippen molar-refractivity contribution >= 4 is 11.3 Å². The zero-order valence-corrected chi connectivity index (χ0v) is 13.1. The Hall–Kier alpha value is -1.26. The summed E-state index contributed by atoms with van der Waals surface area (Å²) in [6.45, 7) is 1.67. The number of thiophene rings is 1. The number of benzene rings is 1. The Balaban J connectivity index is 2.02. The molecule has 1 aromatic heterocycles. The average Bonchev–Trinajstić information content (AvgIpc) is 2.88. The lowest BCUT2D eigenvalue weighted by atomic mass is 9.97. The van der Waals surface area contributed by atoms with Crippen molar-refractivity contribution in [2.75, 3.05) is 7.05 Å². The Labute approximate surface area is 128 Å². The highest BCUT2D eigenvalue weighted by Gasteiger charge is 2.22. The van der Waals surface area contributed by atoms with Gasteiger partial charge in [-0.1, -0.05) is 0 Å². The predicted molar refractivity (Wildman–Crippen MR) is 83.0 cm³/mol. The maximum atomic E-state index is 14.2. The summed E-state index contributed by atoms with van der Waals surface area (Å²) in [4.78, 5) is 2.55. The normalized spacial score (nSPS) is 15.8. The molecule has 21 heavy (non-hydrogen) atoms. The minimum atomic E-state index is -0.489. The van der Waals surface area contributed by atoms with Crippen molar-refractivity contribution in [1.29, 1.82) is 0 Å². The molecule has 0 fully saturated rings. The van der Waals surface area contributed by atoms with Gasteiger partial charge >= 0.3 is 0 Å². The molecule has 0 bridgehead atoms. The lowest BCUT2D eigenvalue weighted by Crippen LogP contribution is -2.18. The molecule has 0 aliphatic heterocycles. The first kappa shape index (κ1) is 14.7. The van der Waals surface area contributed by atoms with E-state index in [1.807, 2.05) is 7.05 Å². The second-order valence-corrected chi connectivity index (χ2v) is 6.82. The smallest absolute Gasteiger partial charge is 0.131 e. The van der Waals surface area contributed by atoms with E-state index in [0.29, 0.717) is 11.1 Å². The molecule has 2 aromatic rings. The van der Waals surface area contributed by atoms with E-state index in [9.17, 15) is 8.78 Å². The van der Waals surface area contributed by atoms with Crippen LogP contribution in [0.4, 0.5) is 8.78 Å². The number of rotatable bonds is 3. The van der Waals surface area contributed by atoms with Gasteiger partial charge in [0, 0.05) is 21.4 Å². The first-order valence-electron chi connectivity index (χ1n) is 7.34. The van der Waals surface area contributed by atoms with E-state index in [0.717, 1.165) is 23.8 Å². The van der Waals surface area contributed by atoms with Crippen LogP contribution in [0.5, 0.6) is 0 Å². The van der Waals surface area contributed by atoms with E-state index >= 15 is 0 Å². The van der Waals surface area contributed by atoms with Gasteiger partial charge < -0.3 is 5.32 Å². The highest BCUT2D eigenvalue weighted by Crippen LogP contribution is 2.36. The van der Waals surface area contributed by atoms with Crippen LogP contribution in [0.25, 0.3) is 0 Å². The number of nitrogens with one attached hydrogen (secondary N) is 1. The molecule has 1 nitrogen and oxygen atoms in total. The lowest BCUT2D eigenvalue weighted by molar-refractivity contribution is 0.549. The van der Waals surface area contributed by atoms with Crippen molar-refractivity contribution in [2.45, 2.75) is 38.6 Å². The van der Waals surface area contributed by atoms with Gasteiger partial charge in [-0.15, -0.1) is 11.3 Å². The van der Waals surface area contributed by atoms with Crippen LogP contribution in [0.3, 0.4) is 0 Å². The summed E-state index contributed by atoms with van der Waals surface area (Å²) in [6, 6.07) is 4.59. The first-order chi connectivity index (χ1) is 10.1. The summed E-state index contributed by atoms with van der Waals surface area (Å²) in [6.07, 6.45) is 4.72. The number of fused-ring (bicyclic) bond motifs is 1. The molecule has 0 saturated carbocycles. The van der Waals surface area contributed by atoms with Crippen molar-refractivity contribution in [3.8, 4) is 0 Å². The van der Waals surface area contributed by atoms with Crippen molar-refractivity contribution in [3.05, 3.63) is 56.3 Å². The fourth-order valence-corrected chi connectivity index (χ4v) is 4.39. The molecular weight excluding hydrogens is 288 g/mol. The Bertz CT molecular complexity index is 640. The summed E-state index contributed by atoms with van der Waals surface area (Å²) in [5.74, 6) is -0.972. The minimum absolute atomic E-state index is 0.208. The predicted octanol–water partition coefficient (Wildman–Crippen LogP) is 4.52. The second kappa shape index (κ2) is 5.85. The topological polar surface area (TPSA) is 12.0 Å². The third-order valence-corrected chi connectivity index (χ3v) is 5.48. The quantitative estimate of drug-likeness (QED) is 0.879. The molecule has 1 aliphatic carbocycles. The Morgan fingerprint density at radius 2 is 1.86 bits per heavy atom. The highest BCUT2D eigenvalue weighted by atomic mass is 32.1. The molecule has 1 unspecified atom stereocenters. The van der Waals surface area contributed by atoms with E-state index in [2.05, 4.69) is 11.4 Å². The van der Waals surface area contributed by atoms with Crippen LogP contribution in [0.1, 0.15) is 45.3 Å². The van der Waals surface area contributed by atoms with E-state index in [4.69, 9.17) is 0 Å². The lowest BCUT2D eigenvalue weighted by Gasteiger charge is -2.17. The monoisotopic (exact) mass is 307 g/mol. The maximum Gasteiger partial charge on any atom is 0.131 e. The largest absolute Gasteiger partial charge is 0.309 e. The van der Waals surface area contributed by atoms with Crippen LogP contribution >= 0.6 is 11.3 Å². The molecule has 1 heterocycles. The maximum absolute atomic E-state index is 14.2. The standard InChI is InChI=1S/C17H19F2NS/c1-10-7-12(14(19)9-13(10)18)17(20-2)16-8-11-5-3-4-6-15(11)21-16/h7-9,17,20H,3-6H2,1-2H3. The van der Waals surface area contributed by atoms with E-state index in [1.54, 1.807) is 24.3 Å². The van der Waals surface area contributed by atoms with Gasteiger partial charge in [-0.25, -0.2) is 8.78 Å². The zero-order valence-electron chi connectivity index (χ0n) is 12.3. The average molecular weight is 307 g/mol. The molecule has 3 rings (SSSR count). The summed E-state index contributed by atoms with van der Waals surface area (Å²) in [5.41, 5.74) is 2.41. The number of hydrogen-bond donors (Lipinski definition) is 1. The van der Waals surface area contributed by atoms with Gasteiger partial charge in [-0.2, -0.15) is 0 Å². The van der Waals surface area contributed by atoms with Gasteiger partial charge in [0.15, 0.2) is 0 Å². The fraction of sp³-hybridized carbons (Fsp3) is 0.412. The van der Waals surface area contributed by atoms with Crippen LogP contribution in [-0.4, -0.2) is 7.05 Å². The van der Waals surface area contributed by atoms with E-state index in [1.165, 1.54) is 23.3 Å². The van der Waals surface area contributed by atoms with Gasteiger partial charge in [0.05, 0.1) is 6.04 Å². The van der Waals surface area contributed by atoms with E-state index in [-0.39, 0.29) is 6.04 Å². The van der Waals surface area contributed by atoms with Gasteiger partial charge in [0.25, 0.3) is 0 Å². The van der Waals surface area contributed by atoms with Crippen molar-refractivity contribution in [2.24, 2.45) is 0 Å². The van der Waals surface area contributed by atoms with Crippen molar-refractivity contribution in [1.82, 2.24) is 5.32 Å². The summed E-state index contributed by atoms with van der Waals surface area (Å²) >= 11 is 1.76. The van der Waals surface area contributed by atoms with Crippen LogP contribution in [0.15, 0.2) is 18.2 Å².